The summed E-state index contributed by atoms with van der Waals surface area (Å²) in [6.45, 7) is 5.88. The zero-order valence-corrected chi connectivity index (χ0v) is 17.9. The zero-order chi connectivity index (χ0) is 19.5. The minimum absolute atomic E-state index is 0.150. The summed E-state index contributed by atoms with van der Waals surface area (Å²) >= 11 is 0. The van der Waals surface area contributed by atoms with Crippen molar-refractivity contribution < 1.29 is 14.6 Å². The van der Waals surface area contributed by atoms with Crippen LogP contribution in [0.5, 0.6) is 0 Å². The summed E-state index contributed by atoms with van der Waals surface area (Å²) in [7, 11) is 0. The molecule has 0 aliphatic heterocycles. The maximum Gasteiger partial charge on any atom is 0.335 e. The predicted octanol–water partition coefficient (Wildman–Crippen LogP) is 6.95. The van der Waals surface area contributed by atoms with Crippen LogP contribution in [0.1, 0.15) is 130 Å². The molecule has 0 saturated carbocycles. The fourth-order valence-electron chi connectivity index (χ4n) is 3.31. The Morgan fingerprint density at radius 1 is 0.692 bits per heavy atom. The monoisotopic (exact) mass is 370 g/mol. The lowest BCUT2D eigenvalue weighted by Crippen LogP contribution is -2.25. The molecule has 0 aromatic heterocycles. The average Bonchev–Trinajstić information content (AvgIpc) is 2.60. The third kappa shape index (κ3) is 18.2. The van der Waals surface area contributed by atoms with Gasteiger partial charge in [0.05, 0.1) is 6.10 Å². The van der Waals surface area contributed by atoms with E-state index in [1.54, 1.807) is 13.8 Å². The summed E-state index contributed by atoms with van der Waals surface area (Å²) in [5, 5.41) is 9.71. The number of carbonyl (C=O) groups is 1. The normalized spacial score (nSPS) is 12.5. The van der Waals surface area contributed by atoms with Gasteiger partial charge in [-0.25, -0.2) is 4.79 Å². The minimum Gasteiger partial charge on any atom is -0.461 e. The molecule has 0 heterocycles. The number of aliphatic hydroxyl groups excluding tert-OH is 1. The van der Waals surface area contributed by atoms with Gasteiger partial charge in [0.15, 0.2) is 6.10 Å². The van der Waals surface area contributed by atoms with E-state index in [2.05, 4.69) is 6.92 Å². The van der Waals surface area contributed by atoms with Gasteiger partial charge in [0.2, 0.25) is 0 Å². The first kappa shape index (κ1) is 25.4. The summed E-state index contributed by atoms with van der Waals surface area (Å²) in [4.78, 5) is 11.5. The van der Waals surface area contributed by atoms with Crippen LogP contribution in [-0.2, 0) is 9.53 Å². The third-order valence-corrected chi connectivity index (χ3v) is 4.96. The van der Waals surface area contributed by atoms with Crippen molar-refractivity contribution in [3.8, 4) is 0 Å². The average molecular weight is 371 g/mol. The van der Waals surface area contributed by atoms with Crippen molar-refractivity contribution in [1.82, 2.24) is 0 Å². The Morgan fingerprint density at radius 2 is 1.04 bits per heavy atom. The Morgan fingerprint density at radius 3 is 1.38 bits per heavy atom. The fourth-order valence-corrected chi connectivity index (χ4v) is 3.31. The predicted molar refractivity (Wildman–Crippen MR) is 111 cm³/mol. The molecule has 1 unspecified atom stereocenters. The smallest absolute Gasteiger partial charge is 0.335 e. The molecule has 156 valence electrons. The molecule has 1 atom stereocenters. The molecule has 0 rings (SSSR count). The number of esters is 1. The van der Waals surface area contributed by atoms with Crippen LogP contribution in [0.25, 0.3) is 0 Å². The van der Waals surface area contributed by atoms with E-state index in [0.29, 0.717) is 6.42 Å². The largest absolute Gasteiger partial charge is 0.461 e. The molecule has 3 heteroatoms. The Bertz CT molecular complexity index is 302. The molecule has 0 fully saturated rings. The Kier molecular flexibility index (Phi) is 18.8. The van der Waals surface area contributed by atoms with E-state index in [4.69, 9.17) is 4.74 Å². The zero-order valence-electron chi connectivity index (χ0n) is 17.9. The van der Waals surface area contributed by atoms with Crippen molar-refractivity contribution in [3.05, 3.63) is 0 Å². The molecule has 26 heavy (non-hydrogen) atoms. The summed E-state index contributed by atoms with van der Waals surface area (Å²) in [5.41, 5.74) is 0. The molecule has 0 saturated heterocycles. The number of hydrogen-bond acceptors (Lipinski definition) is 3. The lowest BCUT2D eigenvalue weighted by atomic mass is 10.0. The van der Waals surface area contributed by atoms with Gasteiger partial charge in [-0.1, -0.05) is 110 Å². The van der Waals surface area contributed by atoms with Gasteiger partial charge in [0.1, 0.15) is 0 Å². The van der Waals surface area contributed by atoms with Crippen molar-refractivity contribution in [2.75, 3.05) is 0 Å². The van der Waals surface area contributed by atoms with Crippen LogP contribution in [0.15, 0.2) is 0 Å². The van der Waals surface area contributed by atoms with Crippen molar-refractivity contribution in [2.24, 2.45) is 0 Å². The minimum atomic E-state index is -0.941. The first-order chi connectivity index (χ1) is 12.6. The van der Waals surface area contributed by atoms with E-state index in [0.717, 1.165) is 12.8 Å². The molecule has 0 aromatic rings. The van der Waals surface area contributed by atoms with E-state index >= 15 is 0 Å². The Hall–Kier alpha value is -0.570. The fraction of sp³-hybridized carbons (Fsp3) is 0.957. The van der Waals surface area contributed by atoms with Gasteiger partial charge in [-0.3, -0.25) is 0 Å². The highest BCUT2D eigenvalue weighted by molar-refractivity contribution is 5.74. The molecule has 0 aromatic carbocycles. The van der Waals surface area contributed by atoms with Crippen LogP contribution in [0.3, 0.4) is 0 Å². The second-order valence-corrected chi connectivity index (χ2v) is 8.09. The van der Waals surface area contributed by atoms with Gasteiger partial charge >= 0.3 is 5.97 Å². The van der Waals surface area contributed by atoms with Crippen LogP contribution < -0.4 is 0 Å². The highest BCUT2D eigenvalue weighted by atomic mass is 16.6. The van der Waals surface area contributed by atoms with Crippen LogP contribution in [0, 0.1) is 0 Å². The molecule has 0 spiro atoms. The second kappa shape index (κ2) is 19.2. The van der Waals surface area contributed by atoms with Crippen LogP contribution in [-0.4, -0.2) is 23.3 Å². The van der Waals surface area contributed by atoms with Crippen LogP contribution >= 0.6 is 0 Å². The lowest BCUT2D eigenvalue weighted by Gasteiger charge is -2.12. The SMILES string of the molecule is CCCCCCCCCCCCCCCCCCC(O)C(=O)OC(C)C. The summed E-state index contributed by atoms with van der Waals surface area (Å²) < 4.78 is 5.00. The van der Waals surface area contributed by atoms with Crippen molar-refractivity contribution in [1.29, 1.82) is 0 Å². The standard InChI is InChI=1S/C23H46O3/c1-4-5-6-7-8-9-10-11-12-13-14-15-16-17-18-19-20-22(24)23(25)26-21(2)3/h21-22,24H,4-20H2,1-3H3. The quantitative estimate of drug-likeness (QED) is 0.198. The summed E-state index contributed by atoms with van der Waals surface area (Å²) in [6.07, 6.45) is 20.7. The first-order valence-electron chi connectivity index (χ1n) is 11.5. The van der Waals surface area contributed by atoms with Gasteiger partial charge in [-0.05, 0) is 20.3 Å². The molecule has 0 bridgehead atoms. The van der Waals surface area contributed by atoms with E-state index < -0.39 is 12.1 Å². The molecule has 0 radical (unpaired) electrons. The molecule has 0 amide bonds. The van der Waals surface area contributed by atoms with Crippen molar-refractivity contribution >= 4 is 5.97 Å². The van der Waals surface area contributed by atoms with Crippen molar-refractivity contribution in [3.63, 3.8) is 0 Å². The highest BCUT2D eigenvalue weighted by Gasteiger charge is 2.16. The number of carbonyl (C=O) groups excluding carboxylic acids is 1. The van der Waals surface area contributed by atoms with Gasteiger partial charge in [0, 0.05) is 0 Å². The van der Waals surface area contributed by atoms with Crippen molar-refractivity contribution in [2.45, 2.75) is 142 Å². The van der Waals surface area contributed by atoms with E-state index in [1.807, 2.05) is 0 Å². The van der Waals surface area contributed by atoms with Gasteiger partial charge in [-0.2, -0.15) is 0 Å². The Labute approximate surface area is 163 Å². The molecule has 1 N–H and O–H groups in total. The van der Waals surface area contributed by atoms with E-state index in [9.17, 15) is 9.90 Å². The molecule has 0 aliphatic rings. The maximum absolute atomic E-state index is 11.5. The molecular weight excluding hydrogens is 324 g/mol. The first-order valence-corrected chi connectivity index (χ1v) is 11.5. The second-order valence-electron chi connectivity index (χ2n) is 8.09. The summed E-state index contributed by atoms with van der Waals surface area (Å²) in [5.74, 6) is -0.471. The lowest BCUT2D eigenvalue weighted by molar-refractivity contribution is -0.157. The number of hydrogen-bond donors (Lipinski definition) is 1. The third-order valence-electron chi connectivity index (χ3n) is 4.96. The van der Waals surface area contributed by atoms with E-state index in [-0.39, 0.29) is 6.10 Å². The van der Waals surface area contributed by atoms with Crippen LogP contribution in [0.2, 0.25) is 0 Å². The van der Waals surface area contributed by atoms with E-state index in [1.165, 1.54) is 89.9 Å². The molecule has 3 nitrogen and oxygen atoms in total. The van der Waals surface area contributed by atoms with Gasteiger partial charge in [0.25, 0.3) is 0 Å². The number of unbranched alkanes of at least 4 members (excludes halogenated alkanes) is 15. The van der Waals surface area contributed by atoms with Crippen LogP contribution in [0.4, 0.5) is 0 Å². The van der Waals surface area contributed by atoms with Gasteiger partial charge in [-0.15, -0.1) is 0 Å². The molecular formula is C23H46O3. The number of aliphatic hydroxyl groups is 1. The number of ether oxygens (including phenoxy) is 1. The highest BCUT2D eigenvalue weighted by Crippen LogP contribution is 2.14. The molecule has 0 aliphatic carbocycles. The van der Waals surface area contributed by atoms with Gasteiger partial charge < -0.3 is 9.84 Å². The maximum atomic E-state index is 11.5. The Balaban J connectivity index is 3.19. The topological polar surface area (TPSA) is 46.5 Å². The summed E-state index contributed by atoms with van der Waals surface area (Å²) in [6, 6.07) is 0. The number of rotatable bonds is 19.